The highest BCUT2D eigenvalue weighted by atomic mass is 35.5. The lowest BCUT2D eigenvalue weighted by Gasteiger charge is -2.06. The van der Waals surface area contributed by atoms with Crippen molar-refractivity contribution in [2.75, 3.05) is 0 Å². The summed E-state index contributed by atoms with van der Waals surface area (Å²) in [5.74, 6) is 0. The second-order valence-electron chi connectivity index (χ2n) is 3.74. The molecule has 0 saturated heterocycles. The molecule has 0 aliphatic carbocycles. The predicted octanol–water partition coefficient (Wildman–Crippen LogP) is 3.95. The van der Waals surface area contributed by atoms with E-state index in [4.69, 9.17) is 11.6 Å². The third kappa shape index (κ3) is 1.77. The maximum absolute atomic E-state index is 6.41. The summed E-state index contributed by atoms with van der Waals surface area (Å²) >= 11 is 6.41. The molecule has 0 N–H and O–H groups in total. The molecule has 0 amide bonds. The quantitative estimate of drug-likeness (QED) is 0.644. The summed E-state index contributed by atoms with van der Waals surface area (Å²) in [7, 11) is 0. The van der Waals surface area contributed by atoms with Crippen molar-refractivity contribution < 1.29 is 0 Å². The number of para-hydroxylation sites is 1. The summed E-state index contributed by atoms with van der Waals surface area (Å²) in [6, 6.07) is 11.7. The van der Waals surface area contributed by atoms with Crippen molar-refractivity contribution in [3.8, 4) is 11.1 Å². The Morgan fingerprint density at radius 3 is 2.65 bits per heavy atom. The van der Waals surface area contributed by atoms with Gasteiger partial charge in [-0.3, -0.25) is 9.97 Å². The molecule has 0 unspecified atom stereocenters. The fourth-order valence-electron chi connectivity index (χ4n) is 1.83. The summed E-state index contributed by atoms with van der Waals surface area (Å²) in [6.45, 7) is 0. The molecule has 0 saturated carbocycles. The number of nitrogens with zero attached hydrogens (tertiary/aromatic N) is 2. The predicted molar refractivity (Wildman–Crippen MR) is 70.0 cm³/mol. The molecular weight excluding hydrogens is 232 g/mol. The van der Waals surface area contributed by atoms with Gasteiger partial charge in [0, 0.05) is 35.1 Å². The lowest BCUT2D eigenvalue weighted by molar-refractivity contribution is 1.32. The minimum absolute atomic E-state index is 0.726. The van der Waals surface area contributed by atoms with Gasteiger partial charge in [0.05, 0.1) is 10.5 Å². The van der Waals surface area contributed by atoms with Crippen LogP contribution in [0, 0.1) is 0 Å². The molecule has 0 bridgehead atoms. The first-order chi connectivity index (χ1) is 8.36. The molecule has 1 aromatic carbocycles. The minimum atomic E-state index is 0.726. The van der Waals surface area contributed by atoms with Crippen LogP contribution in [0.3, 0.4) is 0 Å². The van der Waals surface area contributed by atoms with Crippen molar-refractivity contribution in [1.29, 1.82) is 0 Å². The van der Waals surface area contributed by atoms with Gasteiger partial charge in [-0.2, -0.15) is 0 Å². The molecule has 2 aromatic heterocycles. The third-order valence-corrected chi connectivity index (χ3v) is 3.09. The largest absolute Gasteiger partial charge is 0.264 e. The monoisotopic (exact) mass is 240 g/mol. The SMILES string of the molecule is Clc1c(-c2cccnc2)cnc2ccccc12. The summed E-state index contributed by atoms with van der Waals surface area (Å²) in [6.07, 6.45) is 5.32. The number of hydrogen-bond acceptors (Lipinski definition) is 2. The first-order valence-corrected chi connectivity index (χ1v) is 5.68. The van der Waals surface area contributed by atoms with Crippen LogP contribution < -0.4 is 0 Å². The molecule has 17 heavy (non-hydrogen) atoms. The fraction of sp³-hybridized carbons (Fsp3) is 0. The Labute approximate surface area is 104 Å². The molecule has 2 heterocycles. The maximum Gasteiger partial charge on any atom is 0.0717 e. The van der Waals surface area contributed by atoms with Crippen LogP contribution >= 0.6 is 11.6 Å². The summed E-state index contributed by atoms with van der Waals surface area (Å²) < 4.78 is 0. The van der Waals surface area contributed by atoms with E-state index in [2.05, 4.69) is 9.97 Å². The maximum atomic E-state index is 6.41. The van der Waals surface area contributed by atoms with E-state index in [0.29, 0.717) is 0 Å². The van der Waals surface area contributed by atoms with Crippen LogP contribution in [0.4, 0.5) is 0 Å². The van der Waals surface area contributed by atoms with Crippen LogP contribution in [0.25, 0.3) is 22.0 Å². The molecule has 0 spiro atoms. The third-order valence-electron chi connectivity index (χ3n) is 2.68. The van der Waals surface area contributed by atoms with Crippen molar-refractivity contribution in [1.82, 2.24) is 9.97 Å². The standard InChI is InChI=1S/C14H9ClN2/c15-14-11-5-1-2-6-13(11)17-9-12(14)10-4-3-7-16-8-10/h1-9H. The van der Waals surface area contributed by atoms with Gasteiger partial charge in [-0.15, -0.1) is 0 Å². The van der Waals surface area contributed by atoms with Crippen LogP contribution in [-0.4, -0.2) is 9.97 Å². The van der Waals surface area contributed by atoms with Gasteiger partial charge < -0.3 is 0 Å². The Bertz CT molecular complexity index is 665. The minimum Gasteiger partial charge on any atom is -0.264 e. The van der Waals surface area contributed by atoms with Gasteiger partial charge in [-0.1, -0.05) is 35.9 Å². The average Bonchev–Trinajstić information content (AvgIpc) is 2.40. The van der Waals surface area contributed by atoms with E-state index < -0.39 is 0 Å². The first kappa shape index (κ1) is 10.2. The van der Waals surface area contributed by atoms with Gasteiger partial charge in [-0.25, -0.2) is 0 Å². The molecule has 0 aliphatic rings. The van der Waals surface area contributed by atoms with E-state index in [1.807, 2.05) is 36.4 Å². The summed E-state index contributed by atoms with van der Waals surface area (Å²) in [4.78, 5) is 8.50. The van der Waals surface area contributed by atoms with Crippen molar-refractivity contribution in [3.05, 3.63) is 60.0 Å². The molecule has 3 aromatic rings. The van der Waals surface area contributed by atoms with E-state index in [1.165, 1.54) is 0 Å². The van der Waals surface area contributed by atoms with Crippen LogP contribution in [0.1, 0.15) is 0 Å². The zero-order chi connectivity index (χ0) is 11.7. The van der Waals surface area contributed by atoms with E-state index in [1.54, 1.807) is 18.6 Å². The zero-order valence-corrected chi connectivity index (χ0v) is 9.72. The van der Waals surface area contributed by atoms with Crippen LogP contribution in [0.15, 0.2) is 55.0 Å². The van der Waals surface area contributed by atoms with Crippen LogP contribution in [-0.2, 0) is 0 Å². The number of fused-ring (bicyclic) bond motifs is 1. The van der Waals surface area contributed by atoms with E-state index in [0.717, 1.165) is 27.1 Å². The van der Waals surface area contributed by atoms with Crippen molar-refractivity contribution in [2.45, 2.75) is 0 Å². The Hall–Kier alpha value is -1.93. The highest BCUT2D eigenvalue weighted by Gasteiger charge is 2.07. The van der Waals surface area contributed by atoms with Gasteiger partial charge >= 0.3 is 0 Å². The van der Waals surface area contributed by atoms with Gasteiger partial charge in [0.25, 0.3) is 0 Å². The molecule has 0 aliphatic heterocycles. The second-order valence-corrected chi connectivity index (χ2v) is 4.12. The highest BCUT2D eigenvalue weighted by Crippen LogP contribution is 2.32. The Morgan fingerprint density at radius 2 is 1.82 bits per heavy atom. The molecule has 82 valence electrons. The molecule has 2 nitrogen and oxygen atoms in total. The number of aromatic nitrogens is 2. The van der Waals surface area contributed by atoms with Crippen LogP contribution in [0.5, 0.6) is 0 Å². The van der Waals surface area contributed by atoms with E-state index in [-0.39, 0.29) is 0 Å². The first-order valence-electron chi connectivity index (χ1n) is 5.30. The Kier molecular flexibility index (Phi) is 2.50. The van der Waals surface area contributed by atoms with Gasteiger partial charge in [0.15, 0.2) is 0 Å². The van der Waals surface area contributed by atoms with Crippen molar-refractivity contribution in [2.24, 2.45) is 0 Å². The number of hydrogen-bond donors (Lipinski definition) is 0. The molecular formula is C14H9ClN2. The smallest absolute Gasteiger partial charge is 0.0717 e. The molecule has 0 atom stereocenters. The lowest BCUT2D eigenvalue weighted by atomic mass is 10.1. The summed E-state index contributed by atoms with van der Waals surface area (Å²) in [5, 5.41) is 1.69. The topological polar surface area (TPSA) is 25.8 Å². The average molecular weight is 241 g/mol. The lowest BCUT2D eigenvalue weighted by Crippen LogP contribution is -1.86. The normalized spacial score (nSPS) is 10.6. The number of benzene rings is 1. The zero-order valence-electron chi connectivity index (χ0n) is 8.97. The Morgan fingerprint density at radius 1 is 0.941 bits per heavy atom. The number of halogens is 1. The summed E-state index contributed by atoms with van der Waals surface area (Å²) in [5.41, 5.74) is 2.80. The van der Waals surface area contributed by atoms with Crippen LogP contribution in [0.2, 0.25) is 5.02 Å². The van der Waals surface area contributed by atoms with Gasteiger partial charge in [0.1, 0.15) is 0 Å². The molecule has 3 heteroatoms. The van der Waals surface area contributed by atoms with Crippen molar-refractivity contribution in [3.63, 3.8) is 0 Å². The second kappa shape index (κ2) is 4.15. The molecule has 0 fully saturated rings. The number of pyridine rings is 2. The van der Waals surface area contributed by atoms with Gasteiger partial charge in [-0.05, 0) is 12.1 Å². The highest BCUT2D eigenvalue weighted by molar-refractivity contribution is 6.38. The molecule has 3 rings (SSSR count). The van der Waals surface area contributed by atoms with E-state index in [9.17, 15) is 0 Å². The Balaban J connectivity index is 2.29. The van der Waals surface area contributed by atoms with E-state index >= 15 is 0 Å². The molecule has 0 radical (unpaired) electrons. The van der Waals surface area contributed by atoms with Gasteiger partial charge in [0.2, 0.25) is 0 Å². The number of rotatable bonds is 1. The van der Waals surface area contributed by atoms with Crippen molar-refractivity contribution >= 4 is 22.5 Å². The fourth-order valence-corrected chi connectivity index (χ4v) is 2.15.